The predicted molar refractivity (Wildman–Crippen MR) is 64.6 cm³/mol. The van der Waals surface area contributed by atoms with E-state index in [2.05, 4.69) is 28.9 Å². The van der Waals surface area contributed by atoms with Crippen LogP contribution in [0.5, 0.6) is 0 Å². The van der Waals surface area contributed by atoms with Crippen LogP contribution in [0.25, 0.3) is 5.95 Å². The fourth-order valence-corrected chi connectivity index (χ4v) is 1.07. The number of nitrogens with zero attached hydrogens (tertiary/aromatic N) is 4. The van der Waals surface area contributed by atoms with Crippen molar-refractivity contribution in [2.24, 2.45) is 0 Å². The molecule has 0 aliphatic carbocycles. The minimum atomic E-state index is 0.619. The molecule has 2 heterocycles. The van der Waals surface area contributed by atoms with Crippen LogP contribution in [-0.4, -0.2) is 19.7 Å². The molecular weight excluding hydrogens is 200 g/mol. The van der Waals surface area contributed by atoms with Crippen molar-refractivity contribution in [2.75, 3.05) is 0 Å². The highest BCUT2D eigenvalue weighted by Crippen LogP contribution is 2.01. The number of aryl methyl sites for hydroxylation is 2. The van der Waals surface area contributed by atoms with Gasteiger partial charge in [0.2, 0.25) is 0 Å². The van der Waals surface area contributed by atoms with Gasteiger partial charge >= 0.3 is 0 Å². The van der Waals surface area contributed by atoms with E-state index in [1.165, 1.54) is 6.42 Å². The standard InChI is InChI=1S/C9H10N4.C3H8/c1-7-5-11-13(6-7)9-10-4-3-8(2)12-9;1-3-2/h3-6H,1-2H3;3H2,1-2H3. The van der Waals surface area contributed by atoms with Crippen molar-refractivity contribution in [3.05, 3.63) is 35.9 Å². The van der Waals surface area contributed by atoms with Gasteiger partial charge in [0.1, 0.15) is 0 Å². The first kappa shape index (κ1) is 12.4. The van der Waals surface area contributed by atoms with Crippen LogP contribution in [0.4, 0.5) is 0 Å². The number of hydrogen-bond donors (Lipinski definition) is 0. The monoisotopic (exact) mass is 218 g/mol. The largest absolute Gasteiger partial charge is 0.250 e. The van der Waals surface area contributed by atoms with Crippen LogP contribution in [0.15, 0.2) is 24.7 Å². The van der Waals surface area contributed by atoms with Gasteiger partial charge in [0.05, 0.1) is 6.20 Å². The summed E-state index contributed by atoms with van der Waals surface area (Å²) >= 11 is 0. The highest BCUT2D eigenvalue weighted by Gasteiger charge is 1.99. The molecule has 0 unspecified atom stereocenters. The van der Waals surface area contributed by atoms with Gasteiger partial charge in [0.25, 0.3) is 5.95 Å². The van der Waals surface area contributed by atoms with Crippen molar-refractivity contribution in [1.29, 1.82) is 0 Å². The molecule has 0 atom stereocenters. The second kappa shape index (κ2) is 6.00. The molecule has 16 heavy (non-hydrogen) atoms. The van der Waals surface area contributed by atoms with E-state index in [1.54, 1.807) is 17.1 Å². The zero-order valence-corrected chi connectivity index (χ0v) is 10.3. The van der Waals surface area contributed by atoms with Gasteiger partial charge in [-0.25, -0.2) is 14.6 Å². The lowest BCUT2D eigenvalue weighted by Crippen LogP contribution is -2.01. The summed E-state index contributed by atoms with van der Waals surface area (Å²) in [4.78, 5) is 8.36. The molecule has 4 heteroatoms. The summed E-state index contributed by atoms with van der Waals surface area (Å²) in [5.41, 5.74) is 2.04. The van der Waals surface area contributed by atoms with Gasteiger partial charge in [-0.2, -0.15) is 5.10 Å². The van der Waals surface area contributed by atoms with Crippen LogP contribution in [-0.2, 0) is 0 Å². The SMILES string of the molecule is CCC.Cc1cnn(-c2nccc(C)n2)c1. The third-order valence-corrected chi connectivity index (χ3v) is 1.70. The first-order valence-electron chi connectivity index (χ1n) is 5.48. The van der Waals surface area contributed by atoms with Crippen molar-refractivity contribution in [2.45, 2.75) is 34.1 Å². The molecule has 0 saturated carbocycles. The molecule has 0 spiro atoms. The molecule has 0 aliphatic rings. The highest BCUT2D eigenvalue weighted by molar-refractivity contribution is 5.14. The lowest BCUT2D eigenvalue weighted by atomic mass is 10.4. The first-order valence-corrected chi connectivity index (χ1v) is 5.48. The summed E-state index contributed by atoms with van der Waals surface area (Å²) in [5.74, 6) is 0.619. The second-order valence-corrected chi connectivity index (χ2v) is 3.67. The Hall–Kier alpha value is -1.71. The molecule has 2 aromatic rings. The van der Waals surface area contributed by atoms with E-state index in [9.17, 15) is 0 Å². The van der Waals surface area contributed by atoms with E-state index in [0.29, 0.717) is 5.95 Å². The minimum absolute atomic E-state index is 0.619. The van der Waals surface area contributed by atoms with Crippen LogP contribution in [0.3, 0.4) is 0 Å². The Morgan fingerprint density at radius 3 is 2.44 bits per heavy atom. The van der Waals surface area contributed by atoms with E-state index in [-0.39, 0.29) is 0 Å². The Bertz CT molecular complexity index is 434. The summed E-state index contributed by atoms with van der Waals surface area (Å²) in [7, 11) is 0. The molecule has 0 amide bonds. The van der Waals surface area contributed by atoms with Crippen molar-refractivity contribution >= 4 is 0 Å². The Labute approximate surface area is 96.4 Å². The lowest BCUT2D eigenvalue weighted by Gasteiger charge is -1.98. The quantitative estimate of drug-likeness (QED) is 0.739. The van der Waals surface area contributed by atoms with Gasteiger partial charge in [-0.05, 0) is 25.5 Å². The fraction of sp³-hybridized carbons (Fsp3) is 0.417. The Balaban J connectivity index is 0.000000386. The molecule has 0 fully saturated rings. The minimum Gasteiger partial charge on any atom is -0.220 e. The van der Waals surface area contributed by atoms with Crippen LogP contribution < -0.4 is 0 Å². The van der Waals surface area contributed by atoms with Gasteiger partial charge in [-0.3, -0.25) is 0 Å². The molecule has 0 radical (unpaired) electrons. The normalized spacial score (nSPS) is 9.50. The topological polar surface area (TPSA) is 43.6 Å². The lowest BCUT2D eigenvalue weighted by molar-refractivity contribution is 0.801. The predicted octanol–water partition coefficient (Wildman–Crippen LogP) is 2.70. The van der Waals surface area contributed by atoms with E-state index in [4.69, 9.17) is 0 Å². The van der Waals surface area contributed by atoms with Gasteiger partial charge in [-0.15, -0.1) is 0 Å². The molecule has 2 rings (SSSR count). The Morgan fingerprint density at radius 1 is 1.25 bits per heavy atom. The van der Waals surface area contributed by atoms with Crippen LogP contribution in [0.2, 0.25) is 0 Å². The third-order valence-electron chi connectivity index (χ3n) is 1.70. The highest BCUT2D eigenvalue weighted by atomic mass is 15.3. The summed E-state index contributed by atoms with van der Waals surface area (Å²) < 4.78 is 1.67. The summed E-state index contributed by atoms with van der Waals surface area (Å²) in [5, 5.41) is 4.12. The van der Waals surface area contributed by atoms with E-state index in [1.807, 2.05) is 26.1 Å². The van der Waals surface area contributed by atoms with Gasteiger partial charge in [0, 0.05) is 18.1 Å². The second-order valence-electron chi connectivity index (χ2n) is 3.67. The molecule has 0 bridgehead atoms. The molecule has 4 nitrogen and oxygen atoms in total. The van der Waals surface area contributed by atoms with Crippen molar-refractivity contribution in [3.8, 4) is 5.95 Å². The zero-order chi connectivity index (χ0) is 12.0. The molecule has 0 N–H and O–H groups in total. The van der Waals surface area contributed by atoms with E-state index < -0.39 is 0 Å². The number of aromatic nitrogens is 4. The molecule has 0 saturated heterocycles. The average molecular weight is 218 g/mol. The van der Waals surface area contributed by atoms with Crippen LogP contribution in [0, 0.1) is 13.8 Å². The fourth-order valence-electron chi connectivity index (χ4n) is 1.07. The summed E-state index contributed by atoms with van der Waals surface area (Å²) in [6.45, 7) is 8.17. The Morgan fingerprint density at radius 2 is 1.94 bits per heavy atom. The van der Waals surface area contributed by atoms with E-state index in [0.717, 1.165) is 11.3 Å². The first-order chi connectivity index (χ1) is 7.67. The number of hydrogen-bond acceptors (Lipinski definition) is 3. The third kappa shape index (κ3) is 3.46. The van der Waals surface area contributed by atoms with E-state index >= 15 is 0 Å². The summed E-state index contributed by atoms with van der Waals surface area (Å²) in [6, 6.07) is 1.86. The molecular formula is C12H18N4. The smallest absolute Gasteiger partial charge is 0.220 e. The summed E-state index contributed by atoms with van der Waals surface area (Å²) in [6.07, 6.45) is 6.66. The van der Waals surface area contributed by atoms with Crippen molar-refractivity contribution in [1.82, 2.24) is 19.7 Å². The van der Waals surface area contributed by atoms with Gasteiger partial charge < -0.3 is 0 Å². The van der Waals surface area contributed by atoms with Gasteiger partial charge in [-0.1, -0.05) is 20.3 Å². The maximum absolute atomic E-state index is 4.25. The molecule has 86 valence electrons. The maximum atomic E-state index is 4.25. The van der Waals surface area contributed by atoms with Crippen molar-refractivity contribution in [3.63, 3.8) is 0 Å². The molecule has 0 aromatic carbocycles. The van der Waals surface area contributed by atoms with Gasteiger partial charge in [0.15, 0.2) is 0 Å². The molecule has 0 aliphatic heterocycles. The average Bonchev–Trinajstić information content (AvgIpc) is 2.66. The van der Waals surface area contributed by atoms with Crippen LogP contribution >= 0.6 is 0 Å². The van der Waals surface area contributed by atoms with Crippen LogP contribution in [0.1, 0.15) is 31.5 Å². The Kier molecular flexibility index (Phi) is 4.64. The maximum Gasteiger partial charge on any atom is 0.250 e. The van der Waals surface area contributed by atoms with Crippen molar-refractivity contribution < 1.29 is 0 Å². The number of rotatable bonds is 1. The molecule has 2 aromatic heterocycles. The zero-order valence-electron chi connectivity index (χ0n) is 10.3.